The highest BCUT2D eigenvalue weighted by atomic mass is 35.5. The van der Waals surface area contributed by atoms with Gasteiger partial charge in [0.15, 0.2) is 0 Å². The highest BCUT2D eigenvalue weighted by molar-refractivity contribution is 7.99. The van der Waals surface area contributed by atoms with Gasteiger partial charge in [0.2, 0.25) is 0 Å². The van der Waals surface area contributed by atoms with E-state index >= 15 is 0 Å². The molecule has 0 aliphatic rings. The monoisotopic (exact) mass is 471 g/mol. The van der Waals surface area contributed by atoms with E-state index in [1.54, 1.807) is 32.0 Å². The van der Waals surface area contributed by atoms with Gasteiger partial charge in [-0.3, -0.25) is 0 Å². The van der Waals surface area contributed by atoms with Crippen molar-refractivity contribution in [3.8, 4) is 5.75 Å². The molecule has 8 heteroatoms. The number of fused-ring (bicyclic) bond motifs is 1. The van der Waals surface area contributed by atoms with Crippen molar-refractivity contribution in [3.63, 3.8) is 0 Å². The average molecular weight is 472 g/mol. The maximum absolute atomic E-state index is 10.3. The number of aromatic hydroxyl groups is 1. The lowest BCUT2D eigenvalue weighted by Crippen LogP contribution is -1.90. The largest absolute Gasteiger partial charge is 0.506 e. The Hall–Kier alpha value is -1.69. The fourth-order valence-electron chi connectivity index (χ4n) is 2.34. The van der Waals surface area contributed by atoms with Crippen LogP contribution in [0.5, 0.6) is 5.75 Å². The van der Waals surface area contributed by atoms with Crippen LogP contribution in [0.15, 0.2) is 47.4 Å². The standard InChI is InChI=1S/C14H15NOS.C5H6ClOP.C2H6O.CH4O/c1-15-14-10-12(17-8-4-7-16)9-11-5-2-3-6-13(11)14;1-3-2-4(7)5(6)8-3;1-3-2;1-2/h2-3,5-7,9-10,15H,4,8H2,1H3;2,7-8H,1H3;1-2H3;2H,1H3. The molecule has 0 fully saturated rings. The van der Waals surface area contributed by atoms with E-state index in [-0.39, 0.29) is 5.75 Å². The Kier molecular flexibility index (Phi) is 16.1. The summed E-state index contributed by atoms with van der Waals surface area (Å²) < 4.78 is 4.84. The van der Waals surface area contributed by atoms with Gasteiger partial charge in [-0.1, -0.05) is 35.9 Å². The predicted molar refractivity (Wildman–Crippen MR) is 133 cm³/mol. The first kappa shape index (κ1) is 28.3. The van der Waals surface area contributed by atoms with Gasteiger partial charge in [0.05, 0.1) is 4.75 Å². The Morgan fingerprint density at radius 1 is 1.20 bits per heavy atom. The Morgan fingerprint density at radius 3 is 2.30 bits per heavy atom. The van der Waals surface area contributed by atoms with Crippen LogP contribution >= 0.6 is 31.6 Å². The molecule has 0 saturated carbocycles. The molecule has 1 aromatic heterocycles. The third-order valence-electron chi connectivity index (χ3n) is 3.49. The normalized spacial score (nSPS) is 9.57. The van der Waals surface area contributed by atoms with Crippen molar-refractivity contribution in [2.24, 2.45) is 0 Å². The summed E-state index contributed by atoms with van der Waals surface area (Å²) in [5.74, 6) is 1.08. The molecule has 166 valence electrons. The Bertz CT molecular complexity index is 854. The number of hydrogen-bond acceptors (Lipinski definition) is 6. The van der Waals surface area contributed by atoms with E-state index < -0.39 is 0 Å². The molecule has 0 aliphatic heterocycles. The fraction of sp³-hybridized carbons (Fsp3) is 0.318. The van der Waals surface area contributed by atoms with Crippen molar-refractivity contribution < 1.29 is 19.7 Å². The lowest BCUT2D eigenvalue weighted by atomic mass is 10.1. The molecular weight excluding hydrogens is 441 g/mol. The fourth-order valence-corrected chi connectivity index (χ4v) is 4.46. The van der Waals surface area contributed by atoms with E-state index in [9.17, 15) is 4.79 Å². The van der Waals surface area contributed by atoms with Crippen molar-refractivity contribution >= 4 is 54.3 Å². The number of thioether (sulfide) groups is 1. The predicted octanol–water partition coefficient (Wildman–Crippen LogP) is 5.82. The molecule has 2 aromatic carbocycles. The van der Waals surface area contributed by atoms with Crippen LogP contribution in [0.4, 0.5) is 5.69 Å². The van der Waals surface area contributed by atoms with Crippen molar-refractivity contribution in [1.82, 2.24) is 0 Å². The third-order valence-corrected chi connectivity index (χ3v) is 5.99. The zero-order valence-corrected chi connectivity index (χ0v) is 20.6. The zero-order chi connectivity index (χ0) is 22.9. The van der Waals surface area contributed by atoms with Crippen LogP contribution in [-0.4, -0.2) is 50.6 Å². The molecule has 5 nitrogen and oxygen atoms in total. The number of aldehydes is 1. The SMILES string of the molecule is CNc1cc(SCCC=O)cc2ccccc12.CO.COC.Cc1cc(O)c(Cl)[pH]1. The van der Waals surface area contributed by atoms with Crippen LogP contribution in [-0.2, 0) is 9.53 Å². The lowest BCUT2D eigenvalue weighted by molar-refractivity contribution is -0.107. The molecule has 0 radical (unpaired) electrons. The van der Waals surface area contributed by atoms with Crippen molar-refractivity contribution in [1.29, 1.82) is 0 Å². The second-order valence-corrected chi connectivity index (χ2v) is 9.21. The van der Waals surface area contributed by atoms with Gasteiger partial charge in [-0.25, -0.2) is 0 Å². The minimum absolute atomic E-state index is 0.238. The molecule has 1 atom stereocenters. The molecule has 0 spiro atoms. The average Bonchev–Trinajstić information content (AvgIpc) is 3.05. The van der Waals surface area contributed by atoms with E-state index in [1.807, 2.05) is 26.1 Å². The van der Waals surface area contributed by atoms with E-state index in [1.165, 1.54) is 15.7 Å². The van der Waals surface area contributed by atoms with Gasteiger partial charge in [-0.2, -0.15) is 0 Å². The molecule has 3 rings (SSSR count). The molecular formula is C22H31ClNO4PS. The molecule has 3 N–H and O–H groups in total. The zero-order valence-electron chi connectivity index (χ0n) is 18.0. The molecule has 0 amide bonds. The summed E-state index contributed by atoms with van der Waals surface area (Å²) in [6, 6.07) is 14.3. The molecule has 30 heavy (non-hydrogen) atoms. The first-order chi connectivity index (χ1) is 14.5. The lowest BCUT2D eigenvalue weighted by Gasteiger charge is -2.09. The van der Waals surface area contributed by atoms with Crippen molar-refractivity contribution in [2.45, 2.75) is 18.2 Å². The number of aliphatic hydroxyl groups excluding tert-OH is 1. The number of ether oxygens (including phenoxy) is 1. The summed E-state index contributed by atoms with van der Waals surface area (Å²) in [6.07, 6.45) is 1.57. The number of carbonyl (C=O) groups excluding carboxylic acids is 1. The van der Waals surface area contributed by atoms with Crippen LogP contribution in [0.2, 0.25) is 4.75 Å². The highest BCUT2D eigenvalue weighted by Crippen LogP contribution is 2.36. The van der Waals surface area contributed by atoms with Gasteiger partial charge in [0.1, 0.15) is 12.0 Å². The number of halogens is 1. The second kappa shape index (κ2) is 17.0. The Balaban J connectivity index is 0.000000539. The maximum atomic E-state index is 10.3. The number of benzene rings is 2. The number of aryl methyl sites for hydroxylation is 1. The summed E-state index contributed by atoms with van der Waals surface area (Å²) >= 11 is 7.27. The summed E-state index contributed by atoms with van der Waals surface area (Å²) in [5, 5.41) is 22.7. The molecule has 1 unspecified atom stereocenters. The van der Waals surface area contributed by atoms with Gasteiger partial charge >= 0.3 is 0 Å². The van der Waals surface area contributed by atoms with Crippen LogP contribution in [0.1, 0.15) is 11.7 Å². The van der Waals surface area contributed by atoms with Crippen LogP contribution in [0, 0.1) is 6.92 Å². The molecule has 1 heterocycles. The molecule has 0 saturated heterocycles. The van der Waals surface area contributed by atoms with Gasteiger partial charge in [0.25, 0.3) is 0 Å². The summed E-state index contributed by atoms with van der Waals surface area (Å²) in [5.41, 5.74) is 1.14. The topological polar surface area (TPSA) is 78.8 Å². The van der Waals surface area contributed by atoms with E-state index in [2.05, 4.69) is 34.3 Å². The van der Waals surface area contributed by atoms with Gasteiger partial charge in [-0.15, -0.1) is 20.0 Å². The smallest absolute Gasteiger partial charge is 0.138 e. The van der Waals surface area contributed by atoms with Crippen LogP contribution in [0.3, 0.4) is 0 Å². The Labute approximate surface area is 189 Å². The third kappa shape index (κ3) is 10.4. The molecule has 0 aliphatic carbocycles. The summed E-state index contributed by atoms with van der Waals surface area (Å²) in [6.45, 7) is 1.95. The van der Waals surface area contributed by atoms with E-state index in [4.69, 9.17) is 21.8 Å². The van der Waals surface area contributed by atoms with Crippen LogP contribution < -0.4 is 5.32 Å². The number of methoxy groups -OCH3 is 1. The van der Waals surface area contributed by atoms with Gasteiger partial charge in [0, 0.05) is 56.5 Å². The number of rotatable bonds is 5. The number of nitrogens with one attached hydrogen (secondary N) is 1. The minimum Gasteiger partial charge on any atom is -0.506 e. The maximum Gasteiger partial charge on any atom is 0.138 e. The molecule has 3 aromatic rings. The number of anilines is 1. The second-order valence-electron chi connectivity index (χ2n) is 5.81. The first-order valence-electron chi connectivity index (χ1n) is 9.12. The van der Waals surface area contributed by atoms with E-state index in [0.29, 0.717) is 19.4 Å². The van der Waals surface area contributed by atoms with Crippen molar-refractivity contribution in [2.75, 3.05) is 39.4 Å². The quantitative estimate of drug-likeness (QED) is 0.247. The first-order valence-corrected chi connectivity index (χ1v) is 11.5. The number of aliphatic hydroxyl groups is 1. The summed E-state index contributed by atoms with van der Waals surface area (Å²) in [7, 11) is 6.67. The minimum atomic E-state index is 0.238. The summed E-state index contributed by atoms with van der Waals surface area (Å²) in [4.78, 5) is 11.5. The van der Waals surface area contributed by atoms with Gasteiger partial charge < -0.3 is 25.1 Å². The number of carbonyl (C=O) groups is 1. The highest BCUT2D eigenvalue weighted by Gasteiger charge is 2.03. The van der Waals surface area contributed by atoms with Crippen molar-refractivity contribution in [3.05, 3.63) is 52.5 Å². The Morgan fingerprint density at radius 2 is 1.83 bits per heavy atom. The van der Waals surface area contributed by atoms with E-state index in [0.717, 1.165) is 30.1 Å². The molecule has 0 bridgehead atoms. The van der Waals surface area contributed by atoms with Crippen LogP contribution in [0.25, 0.3) is 10.8 Å². The van der Waals surface area contributed by atoms with Gasteiger partial charge in [-0.05, 0) is 35.8 Å². The number of hydrogen-bond donors (Lipinski definition) is 3.